The molecule has 1 aromatic carbocycles. The molecule has 2 N–H and O–H groups in total. The summed E-state index contributed by atoms with van der Waals surface area (Å²) in [6.07, 6.45) is 4.91. The van der Waals surface area contributed by atoms with Crippen molar-refractivity contribution in [2.24, 2.45) is 0 Å². The molecule has 7 nitrogen and oxygen atoms in total. The second kappa shape index (κ2) is 7.91. The highest BCUT2D eigenvalue weighted by molar-refractivity contribution is 7.17. The summed E-state index contributed by atoms with van der Waals surface area (Å²) in [5.74, 6) is -0.177. The van der Waals surface area contributed by atoms with Crippen molar-refractivity contribution in [3.05, 3.63) is 59.0 Å². The van der Waals surface area contributed by atoms with Crippen molar-refractivity contribution in [1.29, 1.82) is 0 Å². The Morgan fingerprint density at radius 3 is 2.85 bits per heavy atom. The van der Waals surface area contributed by atoms with Crippen LogP contribution in [-0.4, -0.2) is 40.6 Å². The molecule has 1 aliphatic heterocycles. The minimum atomic E-state index is -0.177. The number of nitrogens with one attached hydrogen (secondary N) is 2. The van der Waals surface area contributed by atoms with E-state index in [1.807, 2.05) is 31.2 Å². The molecule has 0 aliphatic carbocycles. The van der Waals surface area contributed by atoms with E-state index in [0.29, 0.717) is 27.9 Å². The molecule has 0 bridgehead atoms. The number of aromatic nitrogens is 3. The monoisotopic (exact) mass is 381 g/mol. The number of rotatable bonds is 4. The number of aryl methyl sites for hydroxylation is 1. The quantitative estimate of drug-likeness (QED) is 0.722. The molecular weight excluding hydrogens is 362 g/mol. The molecule has 3 heterocycles. The molecule has 0 spiro atoms. The van der Waals surface area contributed by atoms with Crippen LogP contribution in [0.2, 0.25) is 0 Å². The van der Waals surface area contributed by atoms with Crippen molar-refractivity contribution in [2.45, 2.75) is 13.0 Å². The van der Waals surface area contributed by atoms with Crippen LogP contribution in [0.15, 0.2) is 42.9 Å². The molecule has 8 heteroatoms. The summed E-state index contributed by atoms with van der Waals surface area (Å²) in [5, 5.41) is 6.93. The molecule has 1 amide bonds. The maximum atomic E-state index is 12.7. The summed E-state index contributed by atoms with van der Waals surface area (Å²) in [6.45, 7) is 4.22. The third-order valence-corrected chi connectivity index (χ3v) is 5.43. The minimum Gasteiger partial charge on any atom is -0.371 e. The van der Waals surface area contributed by atoms with Gasteiger partial charge in [-0.25, -0.2) is 4.98 Å². The number of carbonyl (C=O) groups is 1. The van der Waals surface area contributed by atoms with E-state index >= 15 is 0 Å². The predicted octanol–water partition coefficient (Wildman–Crippen LogP) is 2.82. The SMILES string of the molecule is Cc1nc(-c2cnccn2)sc1C(=O)Nc1ccc([C@@H]2CNCCO2)cc1. The van der Waals surface area contributed by atoms with Gasteiger partial charge >= 0.3 is 0 Å². The predicted molar refractivity (Wildman–Crippen MR) is 104 cm³/mol. The van der Waals surface area contributed by atoms with Crippen molar-refractivity contribution >= 4 is 22.9 Å². The van der Waals surface area contributed by atoms with Gasteiger partial charge in [-0.1, -0.05) is 12.1 Å². The zero-order valence-electron chi connectivity index (χ0n) is 14.8. The summed E-state index contributed by atoms with van der Waals surface area (Å²) in [4.78, 5) is 26.0. The Labute approximate surface area is 160 Å². The van der Waals surface area contributed by atoms with Gasteiger partial charge in [0.2, 0.25) is 0 Å². The summed E-state index contributed by atoms with van der Waals surface area (Å²) < 4.78 is 5.75. The number of thiazole rings is 1. The Balaban J connectivity index is 1.47. The number of hydrogen-bond acceptors (Lipinski definition) is 7. The Bertz CT molecular complexity index is 921. The molecule has 1 aliphatic rings. The first kappa shape index (κ1) is 17.7. The average Bonchev–Trinajstić information content (AvgIpc) is 3.12. The Kier molecular flexibility index (Phi) is 5.19. The van der Waals surface area contributed by atoms with Crippen LogP contribution in [0, 0.1) is 6.92 Å². The van der Waals surface area contributed by atoms with E-state index in [1.54, 1.807) is 18.6 Å². The first-order valence-electron chi connectivity index (χ1n) is 8.68. The normalized spacial score (nSPS) is 16.9. The van der Waals surface area contributed by atoms with Gasteiger partial charge in [0.25, 0.3) is 5.91 Å². The first-order chi connectivity index (χ1) is 13.2. The van der Waals surface area contributed by atoms with E-state index in [2.05, 4.69) is 25.6 Å². The van der Waals surface area contributed by atoms with E-state index in [4.69, 9.17) is 4.74 Å². The number of carbonyl (C=O) groups excluding carboxylic acids is 1. The average molecular weight is 381 g/mol. The summed E-state index contributed by atoms with van der Waals surface area (Å²) >= 11 is 1.31. The van der Waals surface area contributed by atoms with Crippen LogP contribution in [0.1, 0.15) is 27.0 Å². The van der Waals surface area contributed by atoms with Gasteiger partial charge in [0, 0.05) is 31.2 Å². The van der Waals surface area contributed by atoms with Gasteiger partial charge in [-0.15, -0.1) is 11.3 Å². The second-order valence-corrected chi connectivity index (χ2v) is 7.16. The van der Waals surface area contributed by atoms with E-state index < -0.39 is 0 Å². The van der Waals surface area contributed by atoms with Crippen molar-refractivity contribution in [2.75, 3.05) is 25.0 Å². The fourth-order valence-electron chi connectivity index (χ4n) is 2.87. The highest BCUT2D eigenvalue weighted by atomic mass is 32.1. The number of benzene rings is 1. The van der Waals surface area contributed by atoms with Crippen LogP contribution in [0.3, 0.4) is 0 Å². The molecule has 138 valence electrons. The zero-order valence-corrected chi connectivity index (χ0v) is 15.6. The van der Waals surface area contributed by atoms with Gasteiger partial charge in [0.05, 0.1) is 24.6 Å². The van der Waals surface area contributed by atoms with Crippen molar-refractivity contribution in [3.63, 3.8) is 0 Å². The number of anilines is 1. The number of morpholine rings is 1. The van der Waals surface area contributed by atoms with E-state index in [-0.39, 0.29) is 12.0 Å². The minimum absolute atomic E-state index is 0.0572. The molecule has 27 heavy (non-hydrogen) atoms. The molecule has 2 aromatic heterocycles. The Morgan fingerprint density at radius 1 is 1.30 bits per heavy atom. The van der Waals surface area contributed by atoms with E-state index in [0.717, 1.165) is 24.3 Å². The van der Waals surface area contributed by atoms with Gasteiger partial charge in [-0.05, 0) is 24.6 Å². The molecule has 0 unspecified atom stereocenters. The lowest BCUT2D eigenvalue weighted by atomic mass is 10.1. The topological polar surface area (TPSA) is 89.0 Å². The fraction of sp³-hybridized carbons (Fsp3) is 0.263. The lowest BCUT2D eigenvalue weighted by molar-refractivity contribution is 0.0277. The fourth-order valence-corrected chi connectivity index (χ4v) is 3.80. The van der Waals surface area contributed by atoms with Crippen molar-refractivity contribution in [1.82, 2.24) is 20.3 Å². The molecule has 1 atom stereocenters. The molecule has 0 saturated carbocycles. The van der Waals surface area contributed by atoms with E-state index in [1.165, 1.54) is 11.3 Å². The molecular formula is C19H19N5O2S. The number of ether oxygens (including phenoxy) is 1. The smallest absolute Gasteiger partial charge is 0.267 e. The molecule has 1 saturated heterocycles. The van der Waals surface area contributed by atoms with Gasteiger partial charge in [0.15, 0.2) is 0 Å². The highest BCUT2D eigenvalue weighted by Gasteiger charge is 2.18. The van der Waals surface area contributed by atoms with Crippen molar-refractivity contribution in [3.8, 4) is 10.7 Å². The zero-order chi connectivity index (χ0) is 18.6. The molecule has 0 radical (unpaired) electrons. The van der Waals surface area contributed by atoms with Crippen molar-refractivity contribution < 1.29 is 9.53 Å². The van der Waals surface area contributed by atoms with Gasteiger partial charge in [-0.3, -0.25) is 14.8 Å². The van der Waals surface area contributed by atoms with Crippen LogP contribution in [0.5, 0.6) is 0 Å². The summed E-state index contributed by atoms with van der Waals surface area (Å²) in [5.41, 5.74) is 3.17. The first-order valence-corrected chi connectivity index (χ1v) is 9.50. The highest BCUT2D eigenvalue weighted by Crippen LogP contribution is 2.27. The number of hydrogen-bond donors (Lipinski definition) is 2. The maximum Gasteiger partial charge on any atom is 0.267 e. The molecule has 3 aromatic rings. The van der Waals surface area contributed by atoms with Gasteiger partial charge in [0.1, 0.15) is 15.6 Å². The second-order valence-electron chi connectivity index (χ2n) is 6.16. The van der Waals surface area contributed by atoms with E-state index in [9.17, 15) is 4.79 Å². The van der Waals surface area contributed by atoms with Crippen LogP contribution in [0.25, 0.3) is 10.7 Å². The standard InChI is InChI=1S/C19H19N5O2S/c1-12-17(27-19(23-12)15-10-20-6-7-22-15)18(25)24-14-4-2-13(3-5-14)16-11-21-8-9-26-16/h2-7,10,16,21H,8-9,11H2,1H3,(H,24,25)/t16-/m0/s1. The lowest BCUT2D eigenvalue weighted by Crippen LogP contribution is -2.33. The Hall–Kier alpha value is -2.68. The summed E-state index contributed by atoms with van der Waals surface area (Å²) in [6, 6.07) is 7.76. The van der Waals surface area contributed by atoms with Crippen LogP contribution >= 0.6 is 11.3 Å². The molecule has 4 rings (SSSR count). The van der Waals surface area contributed by atoms with Crippen LogP contribution in [-0.2, 0) is 4.74 Å². The van der Waals surface area contributed by atoms with Gasteiger partial charge < -0.3 is 15.4 Å². The lowest BCUT2D eigenvalue weighted by Gasteiger charge is -2.24. The maximum absolute atomic E-state index is 12.7. The third-order valence-electron chi connectivity index (χ3n) is 4.25. The third kappa shape index (κ3) is 4.02. The number of nitrogens with zero attached hydrogens (tertiary/aromatic N) is 3. The number of amides is 1. The van der Waals surface area contributed by atoms with Crippen LogP contribution in [0.4, 0.5) is 5.69 Å². The Morgan fingerprint density at radius 2 is 2.15 bits per heavy atom. The van der Waals surface area contributed by atoms with Gasteiger partial charge in [-0.2, -0.15) is 0 Å². The largest absolute Gasteiger partial charge is 0.371 e. The molecule has 1 fully saturated rings. The summed E-state index contributed by atoms with van der Waals surface area (Å²) in [7, 11) is 0. The van der Waals surface area contributed by atoms with Crippen LogP contribution < -0.4 is 10.6 Å².